The predicted molar refractivity (Wildman–Crippen MR) is 109 cm³/mol. The Morgan fingerprint density at radius 1 is 1.07 bits per heavy atom. The molecule has 3 rings (SSSR count). The van der Waals surface area contributed by atoms with E-state index in [1.807, 2.05) is 12.1 Å². The average molecular weight is 368 g/mol. The third-order valence-corrected chi connectivity index (χ3v) is 4.89. The summed E-state index contributed by atoms with van der Waals surface area (Å²) >= 11 is 0. The summed E-state index contributed by atoms with van der Waals surface area (Å²) in [7, 11) is 0. The van der Waals surface area contributed by atoms with Crippen LogP contribution >= 0.6 is 0 Å². The summed E-state index contributed by atoms with van der Waals surface area (Å²) in [5.41, 5.74) is 2.02. The fourth-order valence-corrected chi connectivity index (χ4v) is 3.34. The average Bonchev–Trinajstić information content (AvgIpc) is 2.71. The molecule has 7 heteroatoms. The van der Waals surface area contributed by atoms with Crippen molar-refractivity contribution < 1.29 is 4.79 Å². The van der Waals surface area contributed by atoms with E-state index in [1.165, 1.54) is 5.69 Å². The van der Waals surface area contributed by atoms with E-state index in [4.69, 9.17) is 0 Å². The van der Waals surface area contributed by atoms with E-state index in [0.717, 1.165) is 50.8 Å². The smallest absolute Gasteiger partial charge is 0.238 e. The quantitative estimate of drug-likeness (QED) is 0.807. The Hall–Kier alpha value is -2.67. The Morgan fingerprint density at radius 2 is 1.78 bits per heavy atom. The second kappa shape index (κ2) is 9.32. The lowest BCUT2D eigenvalue weighted by atomic mass is 10.2. The van der Waals surface area contributed by atoms with Crippen molar-refractivity contribution in [3.63, 3.8) is 0 Å². The summed E-state index contributed by atoms with van der Waals surface area (Å²) in [6.45, 7) is 10.0. The van der Waals surface area contributed by atoms with Crippen molar-refractivity contribution in [2.45, 2.75) is 13.8 Å². The lowest BCUT2D eigenvalue weighted by Crippen LogP contribution is -2.48. The number of rotatable bonds is 7. The van der Waals surface area contributed by atoms with Crippen molar-refractivity contribution in [3.05, 3.63) is 42.9 Å². The molecule has 7 nitrogen and oxygen atoms in total. The summed E-state index contributed by atoms with van der Waals surface area (Å²) < 4.78 is 0. The molecule has 1 aromatic carbocycles. The van der Waals surface area contributed by atoms with E-state index in [1.54, 1.807) is 18.6 Å². The molecule has 0 radical (unpaired) electrons. The first-order valence-corrected chi connectivity index (χ1v) is 9.57. The molecule has 0 atom stereocenters. The van der Waals surface area contributed by atoms with Gasteiger partial charge in [0.1, 0.15) is 5.82 Å². The van der Waals surface area contributed by atoms with Crippen LogP contribution in [0.15, 0.2) is 42.9 Å². The maximum Gasteiger partial charge on any atom is 0.238 e. The topological polar surface area (TPSA) is 64.6 Å². The molecule has 0 spiro atoms. The number of aromatic nitrogens is 2. The first-order chi connectivity index (χ1) is 13.2. The van der Waals surface area contributed by atoms with Crippen LogP contribution in [0.25, 0.3) is 0 Å². The molecule has 0 saturated carbocycles. The number of carbonyl (C=O) groups excluding carboxylic acids is 1. The number of hydrogen-bond donors (Lipinski definition) is 1. The van der Waals surface area contributed by atoms with Crippen LogP contribution in [0.4, 0.5) is 17.2 Å². The zero-order chi connectivity index (χ0) is 19.1. The molecule has 1 N–H and O–H groups in total. The highest BCUT2D eigenvalue weighted by molar-refractivity contribution is 5.92. The second-order valence-electron chi connectivity index (χ2n) is 6.59. The normalized spacial score (nSPS) is 14.8. The minimum atomic E-state index is 0.0264. The zero-order valence-electron chi connectivity index (χ0n) is 16.1. The molecule has 1 amide bonds. The van der Waals surface area contributed by atoms with Crippen molar-refractivity contribution in [2.24, 2.45) is 0 Å². The summed E-state index contributed by atoms with van der Waals surface area (Å²) in [5, 5.41) is 3.00. The van der Waals surface area contributed by atoms with Crippen LogP contribution in [0.2, 0.25) is 0 Å². The molecular formula is C20H28N6O. The molecule has 1 aromatic heterocycles. The second-order valence-corrected chi connectivity index (χ2v) is 6.59. The fourth-order valence-electron chi connectivity index (χ4n) is 3.34. The molecule has 1 saturated heterocycles. The van der Waals surface area contributed by atoms with Crippen LogP contribution in [0.1, 0.15) is 13.8 Å². The van der Waals surface area contributed by atoms with Crippen LogP contribution < -0.4 is 15.1 Å². The Balaban J connectivity index is 1.46. The van der Waals surface area contributed by atoms with Crippen LogP contribution in [-0.4, -0.2) is 66.6 Å². The van der Waals surface area contributed by atoms with Gasteiger partial charge in [-0.05, 0) is 38.1 Å². The summed E-state index contributed by atoms with van der Waals surface area (Å²) in [5.74, 6) is 0.924. The number of carbonyl (C=O) groups is 1. The van der Waals surface area contributed by atoms with E-state index in [0.29, 0.717) is 6.54 Å². The van der Waals surface area contributed by atoms with Gasteiger partial charge in [0, 0.05) is 63.0 Å². The summed E-state index contributed by atoms with van der Waals surface area (Å²) in [4.78, 5) is 27.5. The standard InChI is InChI=1S/C20H28N6O/c1-3-25(4-2)18-7-5-17(6-8-18)23-20(27)16-24-11-13-26(14-12-24)19-15-21-9-10-22-19/h5-10,15H,3-4,11-14,16H2,1-2H3,(H,23,27). The van der Waals surface area contributed by atoms with Gasteiger partial charge < -0.3 is 15.1 Å². The number of amides is 1. The van der Waals surface area contributed by atoms with Crippen molar-refractivity contribution in [1.82, 2.24) is 14.9 Å². The lowest BCUT2D eigenvalue weighted by molar-refractivity contribution is -0.117. The molecule has 27 heavy (non-hydrogen) atoms. The number of nitrogens with zero attached hydrogens (tertiary/aromatic N) is 5. The van der Waals surface area contributed by atoms with Crippen molar-refractivity contribution in [2.75, 3.05) is 60.9 Å². The molecule has 0 bridgehead atoms. The summed E-state index contributed by atoms with van der Waals surface area (Å²) in [6.07, 6.45) is 5.17. The Bertz CT molecular complexity index is 709. The van der Waals surface area contributed by atoms with Gasteiger partial charge in [0.2, 0.25) is 5.91 Å². The van der Waals surface area contributed by atoms with E-state index >= 15 is 0 Å². The minimum absolute atomic E-state index is 0.0264. The van der Waals surface area contributed by atoms with Crippen LogP contribution in [0, 0.1) is 0 Å². The van der Waals surface area contributed by atoms with Gasteiger partial charge in [0.15, 0.2) is 0 Å². The minimum Gasteiger partial charge on any atom is -0.372 e. The van der Waals surface area contributed by atoms with Crippen LogP contribution in [-0.2, 0) is 4.79 Å². The first kappa shape index (κ1) is 19.1. The Kier molecular flexibility index (Phi) is 6.59. The molecule has 0 aliphatic carbocycles. The maximum atomic E-state index is 12.4. The molecule has 0 unspecified atom stereocenters. The Morgan fingerprint density at radius 3 is 2.37 bits per heavy atom. The number of hydrogen-bond acceptors (Lipinski definition) is 6. The first-order valence-electron chi connectivity index (χ1n) is 9.57. The third-order valence-electron chi connectivity index (χ3n) is 4.89. The van der Waals surface area contributed by atoms with Gasteiger partial charge >= 0.3 is 0 Å². The highest BCUT2D eigenvalue weighted by atomic mass is 16.2. The van der Waals surface area contributed by atoms with Gasteiger partial charge in [-0.15, -0.1) is 0 Å². The summed E-state index contributed by atoms with van der Waals surface area (Å²) in [6, 6.07) is 8.06. The van der Waals surface area contributed by atoms with E-state index in [-0.39, 0.29) is 5.91 Å². The number of benzene rings is 1. The van der Waals surface area contributed by atoms with E-state index in [2.05, 4.69) is 56.0 Å². The number of piperazine rings is 1. The molecule has 2 heterocycles. The van der Waals surface area contributed by atoms with Gasteiger partial charge in [-0.1, -0.05) is 0 Å². The molecule has 2 aromatic rings. The van der Waals surface area contributed by atoms with Gasteiger partial charge in [0.05, 0.1) is 12.7 Å². The number of nitrogens with one attached hydrogen (secondary N) is 1. The number of anilines is 3. The lowest BCUT2D eigenvalue weighted by Gasteiger charge is -2.34. The largest absolute Gasteiger partial charge is 0.372 e. The van der Waals surface area contributed by atoms with Crippen molar-refractivity contribution in [3.8, 4) is 0 Å². The highest BCUT2D eigenvalue weighted by Gasteiger charge is 2.20. The maximum absolute atomic E-state index is 12.4. The third kappa shape index (κ3) is 5.17. The SMILES string of the molecule is CCN(CC)c1ccc(NC(=O)CN2CCN(c3cnccn3)CC2)cc1. The van der Waals surface area contributed by atoms with E-state index < -0.39 is 0 Å². The van der Waals surface area contributed by atoms with E-state index in [9.17, 15) is 4.79 Å². The van der Waals surface area contributed by atoms with Gasteiger partial charge in [-0.2, -0.15) is 0 Å². The van der Waals surface area contributed by atoms with Gasteiger partial charge in [0.25, 0.3) is 0 Å². The zero-order valence-corrected chi connectivity index (χ0v) is 16.1. The molecule has 1 aliphatic rings. The molecule has 1 aliphatic heterocycles. The van der Waals surface area contributed by atoms with Crippen molar-refractivity contribution in [1.29, 1.82) is 0 Å². The molecule has 1 fully saturated rings. The molecule has 144 valence electrons. The van der Waals surface area contributed by atoms with Crippen molar-refractivity contribution >= 4 is 23.1 Å². The fraction of sp³-hybridized carbons (Fsp3) is 0.450. The van der Waals surface area contributed by atoms with Gasteiger partial charge in [-0.3, -0.25) is 14.7 Å². The van der Waals surface area contributed by atoms with Crippen LogP contribution in [0.5, 0.6) is 0 Å². The Labute approximate surface area is 161 Å². The predicted octanol–water partition coefficient (Wildman–Crippen LogP) is 2.08. The molecular weight excluding hydrogens is 340 g/mol. The van der Waals surface area contributed by atoms with Gasteiger partial charge in [-0.25, -0.2) is 4.98 Å². The monoisotopic (exact) mass is 368 g/mol. The van der Waals surface area contributed by atoms with Crippen LogP contribution in [0.3, 0.4) is 0 Å². The highest BCUT2D eigenvalue weighted by Crippen LogP contribution is 2.18.